The minimum absolute atomic E-state index is 0.00249. The van der Waals surface area contributed by atoms with Crippen molar-refractivity contribution in [3.05, 3.63) is 113 Å². The number of nitrogens with two attached hydrogens (primary N) is 3. The molecule has 7 rings (SSSR count). The summed E-state index contributed by atoms with van der Waals surface area (Å²) in [5.41, 5.74) is 13.6. The Morgan fingerprint density at radius 3 is 2.26 bits per heavy atom. The Kier molecular flexibility index (Phi) is 15.3. The van der Waals surface area contributed by atoms with Crippen LogP contribution in [-0.4, -0.2) is 127 Å². The normalized spacial score (nSPS) is 19.6. The number of hydrogen-bond acceptors (Lipinski definition) is 16. The number of imide groups is 2. The summed E-state index contributed by atoms with van der Waals surface area (Å²) in [7, 11) is 0. The van der Waals surface area contributed by atoms with Gasteiger partial charge in [-0.25, -0.2) is 5.84 Å². The number of nitrogens with zero attached hydrogens (tertiary/aromatic N) is 3. The predicted octanol–water partition coefficient (Wildman–Crippen LogP) is 1.26. The molecule has 3 saturated heterocycles. The second-order valence-corrected chi connectivity index (χ2v) is 16.2. The van der Waals surface area contributed by atoms with Gasteiger partial charge >= 0.3 is 0 Å². The highest BCUT2D eigenvalue weighted by atomic mass is 16.5. The number of nitrogens with one attached hydrogen (secondary N) is 5. The summed E-state index contributed by atoms with van der Waals surface area (Å²) in [6.45, 7) is 3.42. The lowest BCUT2D eigenvalue weighted by molar-refractivity contribution is -0.136. The monoisotopic (exact) mass is 905 g/mol. The van der Waals surface area contributed by atoms with Gasteiger partial charge in [0.05, 0.1) is 49.8 Å². The van der Waals surface area contributed by atoms with Gasteiger partial charge in [0, 0.05) is 56.1 Å². The highest BCUT2D eigenvalue weighted by molar-refractivity contribution is 6.27. The number of para-hydroxylation sites is 1. The first-order valence-electron chi connectivity index (χ1n) is 21.9. The van der Waals surface area contributed by atoms with Crippen molar-refractivity contribution in [3.63, 3.8) is 0 Å². The van der Waals surface area contributed by atoms with E-state index in [2.05, 4.69) is 21.3 Å². The Labute approximate surface area is 381 Å². The van der Waals surface area contributed by atoms with Crippen molar-refractivity contribution in [1.82, 2.24) is 30.8 Å². The van der Waals surface area contributed by atoms with E-state index in [1.54, 1.807) is 41.3 Å². The van der Waals surface area contributed by atoms with Crippen molar-refractivity contribution in [3.8, 4) is 11.5 Å². The molecule has 0 bridgehead atoms. The van der Waals surface area contributed by atoms with Gasteiger partial charge in [-0.3, -0.25) is 44.4 Å². The highest BCUT2D eigenvalue weighted by Crippen LogP contribution is 2.30. The van der Waals surface area contributed by atoms with E-state index in [9.17, 15) is 28.8 Å². The van der Waals surface area contributed by atoms with Crippen molar-refractivity contribution in [2.24, 2.45) is 23.2 Å². The van der Waals surface area contributed by atoms with E-state index in [0.717, 1.165) is 11.3 Å². The largest absolute Gasteiger partial charge is 0.457 e. The number of fused-ring (bicyclic) bond motifs is 1. The number of amides is 6. The number of benzene rings is 3. The first-order chi connectivity index (χ1) is 31.9. The van der Waals surface area contributed by atoms with Crippen LogP contribution in [0.5, 0.6) is 11.5 Å². The molecule has 0 aliphatic carbocycles. The fraction of sp³-hybridized carbons (Fsp3) is 0.370. The molecule has 1 unspecified atom stereocenters. The molecular weight excluding hydrogens is 851 g/mol. The fourth-order valence-electron chi connectivity index (χ4n) is 8.33. The molecule has 4 heterocycles. The zero-order valence-electron chi connectivity index (χ0n) is 36.4. The molecule has 4 aliphatic heterocycles. The van der Waals surface area contributed by atoms with Gasteiger partial charge in [0.1, 0.15) is 34.6 Å². The van der Waals surface area contributed by atoms with E-state index in [4.69, 9.17) is 36.9 Å². The van der Waals surface area contributed by atoms with Gasteiger partial charge in [0.2, 0.25) is 11.8 Å². The third-order valence-electron chi connectivity index (χ3n) is 11.8. The van der Waals surface area contributed by atoms with Crippen LogP contribution in [-0.2, 0) is 28.7 Å². The first-order valence-corrected chi connectivity index (χ1v) is 21.9. The molecule has 20 nitrogen and oxygen atoms in total. The van der Waals surface area contributed by atoms with Crippen molar-refractivity contribution in [2.45, 2.75) is 44.2 Å². The van der Waals surface area contributed by atoms with Crippen LogP contribution in [0, 0.1) is 11.3 Å². The minimum Gasteiger partial charge on any atom is -0.457 e. The van der Waals surface area contributed by atoms with Gasteiger partial charge in [0.25, 0.3) is 23.6 Å². The lowest BCUT2D eigenvalue weighted by atomic mass is 9.86. The fourth-order valence-corrected chi connectivity index (χ4v) is 8.33. The minimum atomic E-state index is -1.03. The zero-order chi connectivity index (χ0) is 46.7. The third-order valence-corrected chi connectivity index (χ3v) is 11.8. The number of hydrogen-bond donors (Lipinski definition) is 8. The Bertz CT molecular complexity index is 2380. The number of hydrazine groups is 1. The molecule has 348 valence electrons. The van der Waals surface area contributed by atoms with Crippen LogP contribution in [0.25, 0.3) is 0 Å². The van der Waals surface area contributed by atoms with Crippen molar-refractivity contribution >= 4 is 46.8 Å². The lowest BCUT2D eigenvalue weighted by Crippen LogP contribution is -2.54. The standard InChI is InChI=1S/C46H55N11O9/c47-35(27-56(50)21-23-65-25-24-64-22-18-51-30-8-11-33-34(26-30)45(62)57(44(33)61)37-12-13-38(58)54-43(37)60)46(63)55-19-15-28(16-20-55)36-14-17-52-42(53-36)39(41(49)59)40(48)29-6-9-32(10-7-29)66-31-4-2-1-3-5-31/h1-11,26-28,36-37,48,51-53H,12-25,47,50H2,(H2,49,59)(H,54,58,60)/b35-27-,42-39+,48-40?/t36-,37?/m0/s1. The molecule has 11 N–H and O–H groups in total. The summed E-state index contributed by atoms with van der Waals surface area (Å²) in [5.74, 6) is 4.73. The molecule has 20 heteroatoms. The number of anilines is 1. The Morgan fingerprint density at radius 2 is 1.55 bits per heavy atom. The third kappa shape index (κ3) is 11.3. The maximum Gasteiger partial charge on any atom is 0.271 e. The molecular formula is C46H55N11O9. The second kappa shape index (κ2) is 21.6. The maximum absolute atomic E-state index is 13.2. The quantitative estimate of drug-likeness (QED) is 0.0210. The summed E-state index contributed by atoms with van der Waals surface area (Å²) >= 11 is 0. The molecule has 0 saturated carbocycles. The van der Waals surface area contributed by atoms with Crippen LogP contribution in [0.2, 0.25) is 0 Å². The molecule has 2 atom stereocenters. The van der Waals surface area contributed by atoms with Crippen LogP contribution in [0.15, 0.2) is 96.1 Å². The summed E-state index contributed by atoms with van der Waals surface area (Å²) in [6.07, 6.45) is 3.73. The van der Waals surface area contributed by atoms with Gasteiger partial charge in [-0.1, -0.05) is 18.2 Å². The van der Waals surface area contributed by atoms with Crippen molar-refractivity contribution < 1.29 is 43.0 Å². The van der Waals surface area contributed by atoms with Gasteiger partial charge in [-0.2, -0.15) is 0 Å². The topological polar surface area (TPSA) is 290 Å². The number of rotatable bonds is 19. The molecule has 0 radical (unpaired) electrons. The van der Waals surface area contributed by atoms with E-state index in [1.165, 1.54) is 17.3 Å². The zero-order valence-corrected chi connectivity index (χ0v) is 36.4. The summed E-state index contributed by atoms with van der Waals surface area (Å²) in [6, 6.07) is 20.0. The second-order valence-electron chi connectivity index (χ2n) is 16.2. The molecule has 66 heavy (non-hydrogen) atoms. The highest BCUT2D eigenvalue weighted by Gasteiger charge is 2.44. The Hall–Kier alpha value is -7.29. The maximum atomic E-state index is 13.2. The van der Waals surface area contributed by atoms with E-state index in [-0.39, 0.29) is 72.0 Å². The molecule has 6 amide bonds. The number of carbonyl (C=O) groups excluding carboxylic acids is 6. The van der Waals surface area contributed by atoms with Gasteiger partial charge in [0.15, 0.2) is 0 Å². The number of piperidine rings is 2. The van der Waals surface area contributed by atoms with Crippen molar-refractivity contribution in [2.75, 3.05) is 64.5 Å². The molecule has 3 fully saturated rings. The number of carbonyl (C=O) groups is 6. The average molecular weight is 906 g/mol. The number of likely N-dealkylation sites (tertiary alicyclic amines) is 1. The van der Waals surface area contributed by atoms with Crippen LogP contribution in [0.4, 0.5) is 5.69 Å². The van der Waals surface area contributed by atoms with Gasteiger partial charge in [-0.15, -0.1) is 0 Å². The SMILES string of the molecule is N=C(/C(C(N)=O)=C1/NCC[C@@H](C2CCN(C(=O)/C(N)=C/N(N)CCOCCOCCNc3ccc4c(c3)C(=O)N(C3CCC(=O)NC3=O)C4=O)CC2)N1)c1ccc(Oc2ccccc2)cc1. The van der Waals surface area contributed by atoms with Crippen LogP contribution in [0.1, 0.15) is 58.4 Å². The molecule has 3 aromatic rings. The predicted molar refractivity (Wildman–Crippen MR) is 241 cm³/mol. The van der Waals surface area contributed by atoms with E-state index >= 15 is 0 Å². The van der Waals surface area contributed by atoms with Gasteiger partial charge < -0.3 is 51.5 Å². The molecule has 0 aromatic heterocycles. The molecule has 0 spiro atoms. The molecule has 4 aliphatic rings. The van der Waals surface area contributed by atoms with E-state index < -0.39 is 35.6 Å². The van der Waals surface area contributed by atoms with Crippen LogP contribution >= 0.6 is 0 Å². The lowest BCUT2D eigenvalue weighted by Gasteiger charge is -2.39. The first kappa shape index (κ1) is 46.7. The average Bonchev–Trinajstić information content (AvgIpc) is 3.56. The van der Waals surface area contributed by atoms with Crippen molar-refractivity contribution in [1.29, 1.82) is 5.41 Å². The van der Waals surface area contributed by atoms with Crippen LogP contribution in [0.3, 0.4) is 0 Å². The number of primary amides is 1. The summed E-state index contributed by atoms with van der Waals surface area (Å²) < 4.78 is 17.1. The van der Waals surface area contributed by atoms with Crippen LogP contribution < -0.4 is 43.3 Å². The smallest absolute Gasteiger partial charge is 0.271 e. The van der Waals surface area contributed by atoms with E-state index in [0.29, 0.717) is 87.4 Å². The van der Waals surface area contributed by atoms with E-state index in [1.807, 2.05) is 30.3 Å². The summed E-state index contributed by atoms with van der Waals surface area (Å²) in [5, 5.41) is 22.2. The van der Waals surface area contributed by atoms with Gasteiger partial charge in [-0.05, 0) is 86.2 Å². The molecule has 3 aromatic carbocycles. The Morgan fingerprint density at radius 1 is 0.848 bits per heavy atom. The summed E-state index contributed by atoms with van der Waals surface area (Å²) in [4.78, 5) is 78.4. The number of ether oxygens (including phenoxy) is 3. The Balaban J connectivity index is 0.778.